The molecule has 21 heavy (non-hydrogen) atoms. The van der Waals surface area contributed by atoms with E-state index in [0.717, 1.165) is 24.9 Å². The SMILES string of the molecule is CCC(=O)N1CCCC1c1nc(-c2ccc(C)cc2)no1. The summed E-state index contributed by atoms with van der Waals surface area (Å²) in [7, 11) is 0. The first-order chi connectivity index (χ1) is 10.2. The van der Waals surface area contributed by atoms with Crippen molar-refractivity contribution in [3.05, 3.63) is 35.7 Å². The minimum absolute atomic E-state index is 0.0656. The molecule has 5 nitrogen and oxygen atoms in total. The molecule has 0 N–H and O–H groups in total. The molecular formula is C16H19N3O2. The van der Waals surface area contributed by atoms with Crippen LogP contribution in [0.4, 0.5) is 0 Å². The maximum Gasteiger partial charge on any atom is 0.249 e. The molecule has 1 aliphatic rings. The zero-order valence-corrected chi connectivity index (χ0v) is 12.4. The van der Waals surface area contributed by atoms with Crippen LogP contribution in [0.3, 0.4) is 0 Å². The minimum Gasteiger partial charge on any atom is -0.337 e. The third-order valence-electron chi connectivity index (χ3n) is 3.91. The Morgan fingerprint density at radius 3 is 2.86 bits per heavy atom. The van der Waals surface area contributed by atoms with Gasteiger partial charge in [0.1, 0.15) is 6.04 Å². The third kappa shape index (κ3) is 2.68. The van der Waals surface area contributed by atoms with Gasteiger partial charge < -0.3 is 9.42 Å². The largest absolute Gasteiger partial charge is 0.337 e. The standard InChI is InChI=1S/C16H19N3O2/c1-3-14(20)19-10-4-5-13(19)16-17-15(18-21-16)12-8-6-11(2)7-9-12/h6-9,13H,3-5,10H2,1-2H3. The van der Waals surface area contributed by atoms with E-state index >= 15 is 0 Å². The second-order valence-corrected chi connectivity index (χ2v) is 5.42. The highest BCUT2D eigenvalue weighted by molar-refractivity contribution is 5.76. The maximum atomic E-state index is 11.9. The van der Waals surface area contributed by atoms with Crippen molar-refractivity contribution >= 4 is 5.91 Å². The molecule has 2 heterocycles. The van der Waals surface area contributed by atoms with Crippen LogP contribution in [0.2, 0.25) is 0 Å². The van der Waals surface area contributed by atoms with Crippen molar-refractivity contribution in [2.45, 2.75) is 39.2 Å². The van der Waals surface area contributed by atoms with E-state index < -0.39 is 0 Å². The normalized spacial score (nSPS) is 18.2. The summed E-state index contributed by atoms with van der Waals surface area (Å²) in [6.45, 7) is 4.70. The van der Waals surface area contributed by atoms with Gasteiger partial charge in [-0.1, -0.05) is 41.9 Å². The van der Waals surface area contributed by atoms with Gasteiger partial charge in [0.2, 0.25) is 17.6 Å². The van der Waals surface area contributed by atoms with Crippen molar-refractivity contribution in [1.29, 1.82) is 0 Å². The summed E-state index contributed by atoms with van der Waals surface area (Å²) in [6.07, 6.45) is 2.38. The molecule has 5 heteroatoms. The Bertz CT molecular complexity index is 633. The Hall–Kier alpha value is -2.17. The van der Waals surface area contributed by atoms with Crippen LogP contribution in [0, 0.1) is 6.92 Å². The molecule has 0 spiro atoms. The van der Waals surface area contributed by atoms with Gasteiger partial charge in [-0.3, -0.25) is 4.79 Å². The zero-order chi connectivity index (χ0) is 14.8. The molecule has 110 valence electrons. The van der Waals surface area contributed by atoms with Gasteiger partial charge >= 0.3 is 0 Å². The minimum atomic E-state index is -0.0656. The molecule has 3 rings (SSSR count). The van der Waals surface area contributed by atoms with E-state index in [-0.39, 0.29) is 11.9 Å². The fourth-order valence-electron chi connectivity index (χ4n) is 2.72. The van der Waals surface area contributed by atoms with Crippen molar-refractivity contribution in [2.75, 3.05) is 6.54 Å². The first kappa shape index (κ1) is 13.8. The molecule has 1 saturated heterocycles. The zero-order valence-electron chi connectivity index (χ0n) is 12.4. The van der Waals surface area contributed by atoms with Crippen LogP contribution in [-0.4, -0.2) is 27.5 Å². The van der Waals surface area contributed by atoms with E-state index in [1.165, 1.54) is 5.56 Å². The highest BCUT2D eigenvalue weighted by atomic mass is 16.5. The predicted octanol–water partition coefficient (Wildman–Crippen LogP) is 3.12. The van der Waals surface area contributed by atoms with Crippen LogP contribution in [0.5, 0.6) is 0 Å². The number of hydrogen-bond donors (Lipinski definition) is 0. The molecule has 1 aromatic heterocycles. The number of carbonyl (C=O) groups excluding carboxylic acids is 1. The van der Waals surface area contributed by atoms with E-state index in [1.807, 2.05) is 43.0 Å². The molecule has 0 saturated carbocycles. The Morgan fingerprint density at radius 1 is 1.38 bits per heavy atom. The summed E-state index contributed by atoms with van der Waals surface area (Å²) in [6, 6.07) is 7.94. The number of likely N-dealkylation sites (tertiary alicyclic amines) is 1. The van der Waals surface area contributed by atoms with Crippen LogP contribution in [0.15, 0.2) is 28.8 Å². The lowest BCUT2D eigenvalue weighted by Crippen LogP contribution is -2.29. The van der Waals surface area contributed by atoms with Gasteiger partial charge in [-0.15, -0.1) is 0 Å². The third-order valence-corrected chi connectivity index (χ3v) is 3.91. The Labute approximate surface area is 124 Å². The van der Waals surface area contributed by atoms with Crippen molar-refractivity contribution in [2.24, 2.45) is 0 Å². The number of rotatable bonds is 3. The first-order valence-electron chi connectivity index (χ1n) is 7.39. The summed E-state index contributed by atoms with van der Waals surface area (Å²) in [4.78, 5) is 18.3. The van der Waals surface area contributed by atoms with E-state index in [2.05, 4.69) is 10.1 Å². The highest BCUT2D eigenvalue weighted by Gasteiger charge is 2.33. The number of benzene rings is 1. The summed E-state index contributed by atoms with van der Waals surface area (Å²) in [5.74, 6) is 1.28. The number of aromatic nitrogens is 2. The van der Waals surface area contributed by atoms with Crippen molar-refractivity contribution in [3.8, 4) is 11.4 Å². The summed E-state index contributed by atoms with van der Waals surface area (Å²) < 4.78 is 5.40. The predicted molar refractivity (Wildman–Crippen MR) is 78.5 cm³/mol. The van der Waals surface area contributed by atoms with Gasteiger partial charge in [0, 0.05) is 18.5 Å². The summed E-state index contributed by atoms with van der Waals surface area (Å²) in [5.41, 5.74) is 2.12. The van der Waals surface area contributed by atoms with Crippen molar-refractivity contribution in [3.63, 3.8) is 0 Å². The summed E-state index contributed by atoms with van der Waals surface area (Å²) >= 11 is 0. The van der Waals surface area contributed by atoms with Crippen LogP contribution in [0.1, 0.15) is 43.7 Å². The van der Waals surface area contributed by atoms with E-state index in [9.17, 15) is 4.79 Å². The molecule has 1 aromatic carbocycles. The second-order valence-electron chi connectivity index (χ2n) is 5.42. The lowest BCUT2D eigenvalue weighted by Gasteiger charge is -2.20. The number of hydrogen-bond acceptors (Lipinski definition) is 4. The average molecular weight is 285 g/mol. The first-order valence-corrected chi connectivity index (χ1v) is 7.39. The molecule has 1 amide bonds. The molecule has 0 aliphatic carbocycles. The van der Waals surface area contributed by atoms with Crippen molar-refractivity contribution < 1.29 is 9.32 Å². The van der Waals surface area contributed by atoms with Gasteiger partial charge in [-0.05, 0) is 19.8 Å². The van der Waals surface area contributed by atoms with Crippen LogP contribution in [-0.2, 0) is 4.79 Å². The van der Waals surface area contributed by atoms with Crippen LogP contribution in [0.25, 0.3) is 11.4 Å². The average Bonchev–Trinajstić information content (AvgIpc) is 3.15. The Balaban J connectivity index is 1.84. The fraction of sp³-hybridized carbons (Fsp3) is 0.438. The quantitative estimate of drug-likeness (QED) is 0.869. The highest BCUT2D eigenvalue weighted by Crippen LogP contribution is 2.32. The van der Waals surface area contributed by atoms with Gasteiger partial charge in [-0.2, -0.15) is 4.98 Å². The number of aryl methyl sites for hydroxylation is 1. The Morgan fingerprint density at radius 2 is 2.14 bits per heavy atom. The van der Waals surface area contributed by atoms with E-state index in [0.29, 0.717) is 18.1 Å². The van der Waals surface area contributed by atoms with E-state index in [1.54, 1.807) is 0 Å². The van der Waals surface area contributed by atoms with Gasteiger partial charge in [0.05, 0.1) is 0 Å². The number of carbonyl (C=O) groups is 1. The fourth-order valence-corrected chi connectivity index (χ4v) is 2.72. The second kappa shape index (κ2) is 5.68. The van der Waals surface area contributed by atoms with Gasteiger partial charge in [0.25, 0.3) is 0 Å². The molecule has 1 aliphatic heterocycles. The lowest BCUT2D eigenvalue weighted by molar-refractivity contribution is -0.132. The Kier molecular flexibility index (Phi) is 3.73. The smallest absolute Gasteiger partial charge is 0.249 e. The molecule has 0 bridgehead atoms. The van der Waals surface area contributed by atoms with Gasteiger partial charge in [-0.25, -0.2) is 0 Å². The molecule has 0 radical (unpaired) electrons. The van der Waals surface area contributed by atoms with Crippen molar-refractivity contribution in [1.82, 2.24) is 15.0 Å². The molecule has 2 aromatic rings. The molecule has 1 unspecified atom stereocenters. The molecule has 1 fully saturated rings. The van der Waals surface area contributed by atoms with Crippen LogP contribution < -0.4 is 0 Å². The monoisotopic (exact) mass is 285 g/mol. The molecule has 1 atom stereocenters. The summed E-state index contributed by atoms with van der Waals surface area (Å²) in [5, 5.41) is 4.06. The van der Waals surface area contributed by atoms with E-state index in [4.69, 9.17) is 4.52 Å². The maximum absolute atomic E-state index is 11.9. The molecular weight excluding hydrogens is 266 g/mol. The topological polar surface area (TPSA) is 59.2 Å². The number of nitrogens with zero attached hydrogens (tertiary/aromatic N) is 3. The van der Waals surface area contributed by atoms with Gasteiger partial charge in [0.15, 0.2) is 0 Å². The van der Waals surface area contributed by atoms with Crippen LogP contribution >= 0.6 is 0 Å². The lowest BCUT2D eigenvalue weighted by atomic mass is 10.1. The number of amides is 1.